The number of amides is 1. The Morgan fingerprint density at radius 3 is 2.50 bits per heavy atom. The molecule has 0 unspecified atom stereocenters. The lowest BCUT2D eigenvalue weighted by Crippen LogP contribution is -2.19. The SMILES string of the molecule is Cc1ccc(CSc2nnc(SCC(=O)NN=Cc3ccc(Br)cc3)s2)cc1. The Bertz CT molecular complexity index is 943. The second-order valence-electron chi connectivity index (χ2n) is 5.74. The predicted molar refractivity (Wildman–Crippen MR) is 121 cm³/mol. The number of carbonyl (C=O) groups excluding carboxylic acids is 1. The van der Waals surface area contributed by atoms with Crippen LogP contribution in [0.4, 0.5) is 0 Å². The Kier molecular flexibility index (Phi) is 8.08. The van der Waals surface area contributed by atoms with Crippen molar-refractivity contribution in [1.29, 1.82) is 0 Å². The van der Waals surface area contributed by atoms with Gasteiger partial charge in [0.25, 0.3) is 5.91 Å². The van der Waals surface area contributed by atoms with Gasteiger partial charge >= 0.3 is 0 Å². The van der Waals surface area contributed by atoms with Crippen LogP contribution in [0, 0.1) is 6.92 Å². The molecular formula is C19H17BrN4OS3. The lowest BCUT2D eigenvalue weighted by atomic mass is 10.2. The zero-order chi connectivity index (χ0) is 19.8. The minimum Gasteiger partial charge on any atom is -0.272 e. The van der Waals surface area contributed by atoms with Gasteiger partial charge in [-0.1, -0.05) is 92.8 Å². The standard InChI is InChI=1S/C19H17BrN4OS3/c1-13-2-4-15(5-3-13)11-26-18-23-24-19(28-18)27-12-17(25)22-21-10-14-6-8-16(20)9-7-14/h2-10H,11-12H2,1H3,(H,22,25). The van der Waals surface area contributed by atoms with E-state index >= 15 is 0 Å². The molecule has 1 N–H and O–H groups in total. The first-order chi connectivity index (χ1) is 13.6. The Balaban J connectivity index is 1.40. The van der Waals surface area contributed by atoms with Gasteiger partial charge in [0.05, 0.1) is 12.0 Å². The van der Waals surface area contributed by atoms with Crippen LogP contribution < -0.4 is 5.43 Å². The number of aromatic nitrogens is 2. The largest absolute Gasteiger partial charge is 0.272 e. The number of benzene rings is 2. The van der Waals surface area contributed by atoms with Gasteiger partial charge in [0.2, 0.25) is 0 Å². The Morgan fingerprint density at radius 1 is 1.11 bits per heavy atom. The van der Waals surface area contributed by atoms with Gasteiger partial charge in [-0.05, 0) is 30.2 Å². The summed E-state index contributed by atoms with van der Waals surface area (Å²) in [6, 6.07) is 16.1. The van der Waals surface area contributed by atoms with E-state index in [4.69, 9.17) is 0 Å². The van der Waals surface area contributed by atoms with Crippen LogP contribution in [-0.4, -0.2) is 28.1 Å². The maximum Gasteiger partial charge on any atom is 0.250 e. The van der Waals surface area contributed by atoms with Crippen LogP contribution in [0.15, 0.2) is 66.8 Å². The van der Waals surface area contributed by atoms with Gasteiger partial charge in [0, 0.05) is 10.2 Å². The molecule has 1 amide bonds. The number of halogens is 1. The molecule has 0 radical (unpaired) electrons. The highest BCUT2D eigenvalue weighted by Crippen LogP contribution is 2.30. The van der Waals surface area contributed by atoms with Crippen LogP contribution in [0.2, 0.25) is 0 Å². The van der Waals surface area contributed by atoms with Gasteiger partial charge in [-0.15, -0.1) is 10.2 Å². The van der Waals surface area contributed by atoms with Crippen molar-refractivity contribution < 1.29 is 4.79 Å². The minimum absolute atomic E-state index is 0.178. The molecule has 0 spiro atoms. The van der Waals surface area contributed by atoms with Crippen molar-refractivity contribution in [3.63, 3.8) is 0 Å². The Hall–Kier alpha value is -1.68. The lowest BCUT2D eigenvalue weighted by molar-refractivity contribution is -0.118. The number of hydrazone groups is 1. The first-order valence-corrected chi connectivity index (χ1v) is 11.9. The van der Waals surface area contributed by atoms with Gasteiger partial charge in [0.1, 0.15) is 0 Å². The summed E-state index contributed by atoms with van der Waals surface area (Å²) in [6.07, 6.45) is 1.61. The highest BCUT2D eigenvalue weighted by molar-refractivity contribution is 9.10. The Morgan fingerprint density at radius 2 is 1.79 bits per heavy atom. The van der Waals surface area contributed by atoms with Crippen molar-refractivity contribution in [3.05, 3.63) is 69.7 Å². The minimum atomic E-state index is -0.178. The number of rotatable bonds is 8. The van der Waals surface area contributed by atoms with E-state index in [9.17, 15) is 4.79 Å². The van der Waals surface area contributed by atoms with Gasteiger partial charge in [-0.3, -0.25) is 4.79 Å². The first kappa shape index (κ1) is 21.0. The van der Waals surface area contributed by atoms with Crippen LogP contribution in [0.1, 0.15) is 16.7 Å². The third-order valence-corrected chi connectivity index (χ3v) is 7.26. The van der Waals surface area contributed by atoms with Crippen LogP contribution in [0.5, 0.6) is 0 Å². The fourth-order valence-corrected chi connectivity index (χ4v) is 5.06. The van der Waals surface area contributed by atoms with Crippen molar-refractivity contribution in [2.45, 2.75) is 21.4 Å². The van der Waals surface area contributed by atoms with Crippen molar-refractivity contribution in [2.24, 2.45) is 5.10 Å². The van der Waals surface area contributed by atoms with Crippen LogP contribution in [0.25, 0.3) is 0 Å². The van der Waals surface area contributed by atoms with Crippen LogP contribution in [-0.2, 0) is 10.5 Å². The molecule has 0 atom stereocenters. The van der Waals surface area contributed by atoms with E-state index in [1.54, 1.807) is 18.0 Å². The summed E-state index contributed by atoms with van der Waals surface area (Å²) in [6.45, 7) is 2.08. The number of carbonyl (C=O) groups is 1. The molecule has 0 aliphatic heterocycles. The summed E-state index contributed by atoms with van der Waals surface area (Å²) < 4.78 is 2.67. The number of nitrogens with zero attached hydrogens (tertiary/aromatic N) is 3. The van der Waals surface area contributed by atoms with Gasteiger partial charge in [-0.2, -0.15) is 5.10 Å². The normalized spacial score (nSPS) is 11.1. The molecular weight excluding hydrogens is 476 g/mol. The van der Waals surface area contributed by atoms with Crippen molar-refractivity contribution >= 4 is 62.9 Å². The summed E-state index contributed by atoms with van der Waals surface area (Å²) in [5.41, 5.74) is 5.94. The van der Waals surface area contributed by atoms with E-state index in [1.807, 2.05) is 24.3 Å². The topological polar surface area (TPSA) is 67.2 Å². The van der Waals surface area contributed by atoms with E-state index in [0.717, 1.165) is 24.5 Å². The predicted octanol–water partition coefficient (Wildman–Crippen LogP) is 5.14. The third-order valence-electron chi connectivity index (χ3n) is 3.47. The highest BCUT2D eigenvalue weighted by Gasteiger charge is 2.08. The van der Waals surface area contributed by atoms with E-state index in [-0.39, 0.29) is 11.7 Å². The molecule has 0 aliphatic carbocycles. The molecule has 1 aromatic heterocycles. The second kappa shape index (κ2) is 10.8. The Labute approximate surface area is 184 Å². The number of hydrogen-bond donors (Lipinski definition) is 1. The molecule has 0 saturated heterocycles. The fourth-order valence-electron chi connectivity index (χ4n) is 2.03. The van der Waals surface area contributed by atoms with Crippen LogP contribution >= 0.6 is 50.8 Å². The summed E-state index contributed by atoms with van der Waals surface area (Å²) in [4.78, 5) is 11.9. The molecule has 0 aliphatic rings. The summed E-state index contributed by atoms with van der Waals surface area (Å²) in [5.74, 6) is 0.919. The summed E-state index contributed by atoms with van der Waals surface area (Å²) >= 11 is 7.89. The second-order valence-corrected chi connectivity index (χ2v) is 10.1. The van der Waals surface area contributed by atoms with E-state index in [2.05, 4.69) is 67.8 Å². The van der Waals surface area contributed by atoms with E-state index in [0.29, 0.717) is 0 Å². The zero-order valence-electron chi connectivity index (χ0n) is 15.0. The zero-order valence-corrected chi connectivity index (χ0v) is 19.0. The van der Waals surface area contributed by atoms with Gasteiger partial charge < -0.3 is 0 Å². The molecule has 2 aromatic carbocycles. The smallest absolute Gasteiger partial charge is 0.250 e. The number of hydrogen-bond acceptors (Lipinski definition) is 7. The number of thioether (sulfide) groups is 2. The average molecular weight is 493 g/mol. The highest BCUT2D eigenvalue weighted by atomic mass is 79.9. The third kappa shape index (κ3) is 7.05. The molecule has 0 saturated carbocycles. The van der Waals surface area contributed by atoms with Crippen molar-refractivity contribution in [3.8, 4) is 0 Å². The molecule has 144 valence electrons. The quantitative estimate of drug-likeness (QED) is 0.267. The maximum atomic E-state index is 11.9. The monoisotopic (exact) mass is 492 g/mol. The molecule has 1 heterocycles. The van der Waals surface area contributed by atoms with Crippen molar-refractivity contribution in [2.75, 3.05) is 5.75 Å². The summed E-state index contributed by atoms with van der Waals surface area (Å²) in [7, 11) is 0. The van der Waals surface area contributed by atoms with E-state index < -0.39 is 0 Å². The lowest BCUT2D eigenvalue weighted by Gasteiger charge is -1.99. The van der Waals surface area contributed by atoms with Gasteiger partial charge in [0.15, 0.2) is 8.68 Å². The van der Waals surface area contributed by atoms with E-state index in [1.165, 1.54) is 34.2 Å². The first-order valence-electron chi connectivity index (χ1n) is 8.30. The van der Waals surface area contributed by atoms with Crippen molar-refractivity contribution in [1.82, 2.24) is 15.6 Å². The average Bonchev–Trinajstić information content (AvgIpc) is 3.15. The maximum absolute atomic E-state index is 11.9. The molecule has 9 heteroatoms. The number of nitrogens with one attached hydrogen (secondary N) is 1. The van der Waals surface area contributed by atoms with Gasteiger partial charge in [-0.25, -0.2) is 5.43 Å². The molecule has 0 fully saturated rings. The number of aryl methyl sites for hydroxylation is 1. The molecule has 3 rings (SSSR count). The fraction of sp³-hybridized carbons (Fsp3) is 0.158. The molecule has 5 nitrogen and oxygen atoms in total. The molecule has 3 aromatic rings. The summed E-state index contributed by atoms with van der Waals surface area (Å²) in [5, 5.41) is 12.3. The molecule has 28 heavy (non-hydrogen) atoms. The molecule has 0 bridgehead atoms. The van der Waals surface area contributed by atoms with Crippen LogP contribution in [0.3, 0.4) is 0 Å².